The third kappa shape index (κ3) is 1.74. The molecule has 1 amide bonds. The summed E-state index contributed by atoms with van der Waals surface area (Å²) in [5, 5.41) is 0. The minimum atomic E-state index is 0.00790. The van der Waals surface area contributed by atoms with Gasteiger partial charge < -0.3 is 14.5 Å². The Morgan fingerprint density at radius 3 is 2.88 bits per heavy atom. The van der Waals surface area contributed by atoms with Crippen LogP contribution in [0.5, 0.6) is 0 Å². The molecular weight excluding hydrogens is 220 g/mol. The largest absolute Gasteiger partial charge is 0.378 e. The lowest BCUT2D eigenvalue weighted by Gasteiger charge is -2.26. The van der Waals surface area contributed by atoms with Crippen molar-refractivity contribution in [2.24, 2.45) is 0 Å². The van der Waals surface area contributed by atoms with Gasteiger partial charge in [-0.1, -0.05) is 0 Å². The van der Waals surface area contributed by atoms with Crippen LogP contribution >= 0.6 is 0 Å². The van der Waals surface area contributed by atoms with E-state index in [2.05, 4.69) is 14.9 Å². The second-order valence-electron chi connectivity index (χ2n) is 4.29. The van der Waals surface area contributed by atoms with Gasteiger partial charge in [0.15, 0.2) is 0 Å². The Kier molecular flexibility index (Phi) is 2.44. The molecule has 2 aliphatic rings. The molecule has 0 aliphatic carbocycles. The highest BCUT2D eigenvalue weighted by Crippen LogP contribution is 2.21. The van der Waals surface area contributed by atoms with E-state index >= 15 is 0 Å². The number of ether oxygens (including phenoxy) is 1. The van der Waals surface area contributed by atoms with Gasteiger partial charge in [0.05, 0.1) is 31.0 Å². The zero-order chi connectivity index (χ0) is 11.8. The van der Waals surface area contributed by atoms with Crippen LogP contribution in [0.15, 0.2) is 6.20 Å². The van der Waals surface area contributed by atoms with E-state index < -0.39 is 0 Å². The number of morpholine rings is 1. The van der Waals surface area contributed by atoms with E-state index in [1.54, 1.807) is 18.1 Å². The average Bonchev–Trinajstić information content (AvgIpc) is 2.66. The molecule has 1 aromatic heterocycles. The van der Waals surface area contributed by atoms with Crippen LogP contribution < -0.4 is 4.90 Å². The van der Waals surface area contributed by atoms with Gasteiger partial charge in [-0.15, -0.1) is 0 Å². The maximum Gasteiger partial charge on any atom is 0.257 e. The van der Waals surface area contributed by atoms with Crippen LogP contribution in [-0.2, 0) is 11.3 Å². The van der Waals surface area contributed by atoms with Crippen molar-refractivity contribution >= 4 is 11.9 Å². The molecule has 0 atom stereocenters. The summed E-state index contributed by atoms with van der Waals surface area (Å²) < 4.78 is 5.29. The molecule has 0 bridgehead atoms. The van der Waals surface area contributed by atoms with Crippen molar-refractivity contribution in [1.29, 1.82) is 0 Å². The van der Waals surface area contributed by atoms with E-state index in [1.807, 2.05) is 0 Å². The predicted molar refractivity (Wildman–Crippen MR) is 60.9 cm³/mol. The lowest BCUT2D eigenvalue weighted by molar-refractivity contribution is 0.0816. The van der Waals surface area contributed by atoms with Crippen molar-refractivity contribution in [3.63, 3.8) is 0 Å². The van der Waals surface area contributed by atoms with Crippen molar-refractivity contribution in [2.45, 2.75) is 6.54 Å². The Bertz CT molecular complexity index is 457. The maximum absolute atomic E-state index is 11.7. The van der Waals surface area contributed by atoms with Crippen LogP contribution in [0.3, 0.4) is 0 Å². The van der Waals surface area contributed by atoms with Gasteiger partial charge in [-0.25, -0.2) is 9.97 Å². The fourth-order valence-electron chi connectivity index (χ4n) is 2.12. The van der Waals surface area contributed by atoms with Crippen molar-refractivity contribution in [3.8, 4) is 0 Å². The third-order valence-electron chi connectivity index (χ3n) is 3.11. The van der Waals surface area contributed by atoms with E-state index in [1.165, 1.54) is 0 Å². The number of hydrogen-bond donors (Lipinski definition) is 0. The molecule has 6 heteroatoms. The molecule has 1 fully saturated rings. The summed E-state index contributed by atoms with van der Waals surface area (Å²) in [7, 11) is 1.78. The molecule has 0 saturated carbocycles. The first-order valence-electron chi connectivity index (χ1n) is 5.70. The van der Waals surface area contributed by atoms with Crippen LogP contribution in [0.25, 0.3) is 0 Å². The molecule has 1 aromatic rings. The number of rotatable bonds is 1. The van der Waals surface area contributed by atoms with Gasteiger partial charge in [0.25, 0.3) is 5.91 Å². The Hall–Kier alpha value is -1.69. The summed E-state index contributed by atoms with van der Waals surface area (Å²) in [6.07, 6.45) is 1.64. The number of aromatic nitrogens is 2. The third-order valence-corrected chi connectivity index (χ3v) is 3.11. The number of carbonyl (C=O) groups excluding carboxylic acids is 1. The minimum absolute atomic E-state index is 0.00790. The molecule has 0 unspecified atom stereocenters. The number of hydrogen-bond acceptors (Lipinski definition) is 5. The summed E-state index contributed by atoms with van der Waals surface area (Å²) in [5.74, 6) is 0.712. The molecule has 3 heterocycles. The number of anilines is 1. The molecule has 2 aliphatic heterocycles. The molecular formula is C11H14N4O2. The highest BCUT2D eigenvalue weighted by atomic mass is 16.5. The molecule has 1 saturated heterocycles. The van der Waals surface area contributed by atoms with Gasteiger partial charge in [-0.3, -0.25) is 4.79 Å². The average molecular weight is 234 g/mol. The lowest BCUT2D eigenvalue weighted by Crippen LogP contribution is -2.37. The maximum atomic E-state index is 11.7. The van der Waals surface area contributed by atoms with Gasteiger partial charge in [0.1, 0.15) is 0 Å². The van der Waals surface area contributed by atoms with Crippen LogP contribution in [-0.4, -0.2) is 54.1 Å². The van der Waals surface area contributed by atoms with Crippen molar-refractivity contribution < 1.29 is 9.53 Å². The van der Waals surface area contributed by atoms with Gasteiger partial charge in [-0.05, 0) is 0 Å². The van der Waals surface area contributed by atoms with E-state index in [9.17, 15) is 4.79 Å². The van der Waals surface area contributed by atoms with Gasteiger partial charge in [0, 0.05) is 26.3 Å². The quantitative estimate of drug-likeness (QED) is 0.679. The first kappa shape index (κ1) is 10.5. The van der Waals surface area contributed by atoms with E-state index in [4.69, 9.17) is 4.74 Å². The first-order valence-corrected chi connectivity index (χ1v) is 5.70. The van der Waals surface area contributed by atoms with E-state index in [0.29, 0.717) is 31.3 Å². The van der Waals surface area contributed by atoms with Crippen LogP contribution in [0.1, 0.15) is 16.1 Å². The monoisotopic (exact) mass is 234 g/mol. The number of nitrogens with zero attached hydrogens (tertiary/aromatic N) is 4. The predicted octanol–water partition coefficient (Wildman–Crippen LogP) is -0.101. The van der Waals surface area contributed by atoms with Crippen molar-refractivity contribution in [3.05, 3.63) is 17.5 Å². The summed E-state index contributed by atoms with van der Waals surface area (Å²) >= 11 is 0. The topological polar surface area (TPSA) is 58.6 Å². The Morgan fingerprint density at radius 1 is 1.35 bits per heavy atom. The molecule has 0 spiro atoms. The zero-order valence-corrected chi connectivity index (χ0v) is 9.72. The Balaban J connectivity index is 1.89. The molecule has 0 radical (unpaired) electrons. The summed E-state index contributed by atoms with van der Waals surface area (Å²) in [5.41, 5.74) is 1.46. The minimum Gasteiger partial charge on any atom is -0.378 e. The fourth-order valence-corrected chi connectivity index (χ4v) is 2.12. The Labute approximate surface area is 99.2 Å². The van der Waals surface area contributed by atoms with Gasteiger partial charge in [-0.2, -0.15) is 0 Å². The molecule has 0 N–H and O–H groups in total. The van der Waals surface area contributed by atoms with E-state index in [0.717, 1.165) is 18.8 Å². The SMILES string of the molecule is CN1Cc2nc(N3CCOCC3)ncc2C1=O. The molecule has 3 rings (SSSR count). The van der Waals surface area contributed by atoms with Crippen LogP contribution in [0, 0.1) is 0 Å². The number of fused-ring (bicyclic) bond motifs is 1. The highest BCUT2D eigenvalue weighted by molar-refractivity contribution is 5.97. The van der Waals surface area contributed by atoms with E-state index in [-0.39, 0.29) is 5.91 Å². The van der Waals surface area contributed by atoms with Crippen molar-refractivity contribution in [2.75, 3.05) is 38.3 Å². The first-order chi connectivity index (χ1) is 8.25. The van der Waals surface area contributed by atoms with Crippen LogP contribution in [0.2, 0.25) is 0 Å². The van der Waals surface area contributed by atoms with Gasteiger partial charge >= 0.3 is 0 Å². The fraction of sp³-hybridized carbons (Fsp3) is 0.545. The standard InChI is InChI=1S/C11H14N4O2/c1-14-7-9-8(10(14)16)6-12-11(13-9)15-2-4-17-5-3-15/h6H,2-5,7H2,1H3. The summed E-state index contributed by atoms with van der Waals surface area (Å²) in [6, 6.07) is 0. The highest BCUT2D eigenvalue weighted by Gasteiger charge is 2.27. The summed E-state index contributed by atoms with van der Waals surface area (Å²) in [6.45, 7) is 3.61. The lowest BCUT2D eigenvalue weighted by atomic mass is 10.3. The number of amides is 1. The summed E-state index contributed by atoms with van der Waals surface area (Å²) in [4.78, 5) is 24.2. The molecule has 0 aromatic carbocycles. The second-order valence-corrected chi connectivity index (χ2v) is 4.29. The second kappa shape index (κ2) is 3.96. The van der Waals surface area contributed by atoms with Crippen molar-refractivity contribution in [1.82, 2.24) is 14.9 Å². The van der Waals surface area contributed by atoms with Gasteiger partial charge in [0.2, 0.25) is 5.95 Å². The molecule has 90 valence electrons. The smallest absolute Gasteiger partial charge is 0.257 e. The zero-order valence-electron chi connectivity index (χ0n) is 9.72. The molecule has 17 heavy (non-hydrogen) atoms. The number of carbonyl (C=O) groups is 1. The normalized spacial score (nSPS) is 19.7. The molecule has 6 nitrogen and oxygen atoms in total. The Morgan fingerprint density at radius 2 is 2.12 bits per heavy atom. The van der Waals surface area contributed by atoms with Crippen LogP contribution in [0.4, 0.5) is 5.95 Å².